The molecule has 2 aliphatic carbocycles. The summed E-state index contributed by atoms with van der Waals surface area (Å²) < 4.78 is 0. The summed E-state index contributed by atoms with van der Waals surface area (Å²) in [7, 11) is 0. The van der Waals surface area contributed by atoms with E-state index < -0.39 is 11.4 Å². The molecule has 5 heteroatoms. The average molecular weight is 296 g/mol. The number of nitrogens with one attached hydrogen (secondary N) is 1. The highest BCUT2D eigenvalue weighted by atomic mass is 16.4. The molecule has 2 aliphatic rings. The van der Waals surface area contributed by atoms with E-state index >= 15 is 0 Å². The van der Waals surface area contributed by atoms with Gasteiger partial charge in [0.25, 0.3) is 0 Å². The number of carboxylic acid groups (broad SMARTS) is 1. The van der Waals surface area contributed by atoms with Gasteiger partial charge in [-0.3, -0.25) is 9.59 Å². The Morgan fingerprint density at radius 2 is 1.76 bits per heavy atom. The van der Waals surface area contributed by atoms with E-state index in [2.05, 4.69) is 5.32 Å². The number of carbonyl (C=O) groups is 2. The summed E-state index contributed by atoms with van der Waals surface area (Å²) >= 11 is 0. The number of carbonyl (C=O) groups excluding carboxylic acids is 1. The van der Waals surface area contributed by atoms with Crippen LogP contribution in [0.15, 0.2) is 0 Å². The van der Waals surface area contributed by atoms with Gasteiger partial charge < -0.3 is 16.2 Å². The third kappa shape index (κ3) is 3.76. The molecule has 5 nitrogen and oxygen atoms in total. The monoisotopic (exact) mass is 296 g/mol. The van der Waals surface area contributed by atoms with E-state index in [1.807, 2.05) is 0 Å². The maximum absolute atomic E-state index is 12.6. The highest BCUT2D eigenvalue weighted by Crippen LogP contribution is 2.35. The van der Waals surface area contributed by atoms with Gasteiger partial charge in [0.05, 0.1) is 11.3 Å². The molecule has 1 amide bonds. The highest BCUT2D eigenvalue weighted by Gasteiger charge is 2.38. The molecule has 0 radical (unpaired) electrons. The molecule has 21 heavy (non-hydrogen) atoms. The third-order valence-electron chi connectivity index (χ3n) is 5.43. The lowest BCUT2D eigenvalue weighted by Crippen LogP contribution is -2.47. The summed E-state index contributed by atoms with van der Waals surface area (Å²) in [5.74, 6) is -0.905. The van der Waals surface area contributed by atoms with E-state index in [1.165, 1.54) is 12.8 Å². The van der Waals surface area contributed by atoms with Gasteiger partial charge in [-0.25, -0.2) is 0 Å². The molecule has 2 atom stereocenters. The maximum atomic E-state index is 12.6. The first-order valence-corrected chi connectivity index (χ1v) is 8.30. The second-order valence-electron chi connectivity index (χ2n) is 6.74. The molecular weight excluding hydrogens is 268 g/mol. The molecule has 0 heterocycles. The van der Waals surface area contributed by atoms with E-state index in [4.69, 9.17) is 5.73 Å². The number of hydrogen-bond acceptors (Lipinski definition) is 3. The van der Waals surface area contributed by atoms with Crippen LogP contribution in [-0.2, 0) is 9.59 Å². The van der Waals surface area contributed by atoms with Gasteiger partial charge in [-0.15, -0.1) is 0 Å². The van der Waals surface area contributed by atoms with Crippen molar-refractivity contribution in [2.45, 2.75) is 57.8 Å². The largest absolute Gasteiger partial charge is 0.481 e. The van der Waals surface area contributed by atoms with Gasteiger partial charge in [0.1, 0.15) is 0 Å². The van der Waals surface area contributed by atoms with Crippen LogP contribution >= 0.6 is 0 Å². The quantitative estimate of drug-likeness (QED) is 0.676. The molecule has 2 saturated carbocycles. The predicted octanol–water partition coefficient (Wildman–Crippen LogP) is 1.90. The Labute approximate surface area is 126 Å². The molecule has 120 valence electrons. The first kappa shape index (κ1) is 16.3. The molecule has 0 bridgehead atoms. The fraction of sp³-hybridized carbons (Fsp3) is 0.875. The first-order valence-electron chi connectivity index (χ1n) is 8.30. The molecule has 2 rings (SSSR count). The molecule has 4 N–H and O–H groups in total. The number of rotatable bonds is 5. The Bertz CT molecular complexity index is 376. The smallest absolute Gasteiger partial charge is 0.306 e. The summed E-state index contributed by atoms with van der Waals surface area (Å²) in [6.07, 6.45) is 8.78. The van der Waals surface area contributed by atoms with Crippen molar-refractivity contribution in [3.63, 3.8) is 0 Å². The Morgan fingerprint density at radius 1 is 1.10 bits per heavy atom. The van der Waals surface area contributed by atoms with Crippen molar-refractivity contribution in [1.29, 1.82) is 0 Å². The number of aliphatic carboxylic acids is 1. The van der Waals surface area contributed by atoms with E-state index in [-0.39, 0.29) is 17.7 Å². The van der Waals surface area contributed by atoms with Crippen molar-refractivity contribution in [2.24, 2.45) is 23.0 Å². The van der Waals surface area contributed by atoms with Crippen LogP contribution in [0.25, 0.3) is 0 Å². The Hall–Kier alpha value is -1.10. The van der Waals surface area contributed by atoms with Crippen molar-refractivity contribution in [2.75, 3.05) is 13.1 Å². The zero-order chi connectivity index (χ0) is 15.3. The van der Waals surface area contributed by atoms with E-state index in [0.717, 1.165) is 44.9 Å². The third-order valence-corrected chi connectivity index (χ3v) is 5.43. The van der Waals surface area contributed by atoms with Crippen molar-refractivity contribution >= 4 is 11.9 Å². The molecule has 0 aromatic heterocycles. The summed E-state index contributed by atoms with van der Waals surface area (Å²) in [6, 6.07) is 0. The molecule has 0 aliphatic heterocycles. The SMILES string of the molecule is NCC1(C(=O)NCC2CCCC2C(=O)O)CCCCCC1. The minimum Gasteiger partial charge on any atom is -0.481 e. The second-order valence-corrected chi connectivity index (χ2v) is 6.74. The number of hydrogen-bond donors (Lipinski definition) is 3. The molecular formula is C16H28N2O3. The Morgan fingerprint density at radius 3 is 2.33 bits per heavy atom. The lowest BCUT2D eigenvalue weighted by atomic mass is 9.79. The molecule has 0 spiro atoms. The fourth-order valence-corrected chi connectivity index (χ4v) is 3.95. The predicted molar refractivity (Wildman–Crippen MR) is 80.7 cm³/mol. The molecule has 2 unspecified atom stereocenters. The Balaban J connectivity index is 1.91. The molecule has 0 aromatic rings. The zero-order valence-corrected chi connectivity index (χ0v) is 12.8. The van der Waals surface area contributed by atoms with Crippen molar-refractivity contribution < 1.29 is 14.7 Å². The van der Waals surface area contributed by atoms with Gasteiger partial charge in [-0.05, 0) is 31.6 Å². The van der Waals surface area contributed by atoms with Crippen LogP contribution in [0.1, 0.15) is 57.8 Å². The minimum absolute atomic E-state index is 0.0444. The molecule has 0 aromatic carbocycles. The topological polar surface area (TPSA) is 92.4 Å². The first-order chi connectivity index (χ1) is 10.1. The van der Waals surface area contributed by atoms with Crippen LogP contribution in [0.5, 0.6) is 0 Å². The van der Waals surface area contributed by atoms with Crippen LogP contribution in [0.4, 0.5) is 0 Å². The minimum atomic E-state index is -0.727. The standard InChI is InChI=1S/C16H28N2O3/c17-11-16(8-3-1-2-4-9-16)15(21)18-10-12-6-5-7-13(12)14(19)20/h12-13H,1-11,17H2,(H,18,21)(H,19,20). The molecule has 0 saturated heterocycles. The van der Waals surface area contributed by atoms with Crippen LogP contribution in [-0.4, -0.2) is 30.1 Å². The van der Waals surface area contributed by atoms with Crippen molar-refractivity contribution in [3.05, 3.63) is 0 Å². The highest BCUT2D eigenvalue weighted by molar-refractivity contribution is 5.83. The summed E-state index contributed by atoms with van der Waals surface area (Å²) in [5, 5.41) is 12.2. The summed E-state index contributed by atoms with van der Waals surface area (Å²) in [5.41, 5.74) is 5.49. The Kier molecular flexibility index (Phi) is 5.62. The van der Waals surface area contributed by atoms with Gasteiger partial charge in [0.15, 0.2) is 0 Å². The van der Waals surface area contributed by atoms with Gasteiger partial charge >= 0.3 is 5.97 Å². The lowest BCUT2D eigenvalue weighted by molar-refractivity contribution is -0.143. The van der Waals surface area contributed by atoms with Crippen LogP contribution < -0.4 is 11.1 Å². The maximum Gasteiger partial charge on any atom is 0.306 e. The number of nitrogens with two attached hydrogens (primary N) is 1. The second kappa shape index (κ2) is 7.25. The van der Waals surface area contributed by atoms with Crippen LogP contribution in [0, 0.1) is 17.3 Å². The summed E-state index contributed by atoms with van der Waals surface area (Å²) in [6.45, 7) is 0.878. The van der Waals surface area contributed by atoms with E-state index in [0.29, 0.717) is 13.1 Å². The van der Waals surface area contributed by atoms with Crippen molar-refractivity contribution in [3.8, 4) is 0 Å². The van der Waals surface area contributed by atoms with Crippen molar-refractivity contribution in [1.82, 2.24) is 5.32 Å². The number of carboxylic acids is 1. The number of amides is 1. The van der Waals surface area contributed by atoms with E-state index in [1.54, 1.807) is 0 Å². The zero-order valence-electron chi connectivity index (χ0n) is 12.8. The van der Waals surface area contributed by atoms with Crippen LogP contribution in [0.3, 0.4) is 0 Å². The van der Waals surface area contributed by atoms with Gasteiger partial charge in [-0.1, -0.05) is 32.1 Å². The normalized spacial score (nSPS) is 28.8. The van der Waals surface area contributed by atoms with Gasteiger partial charge in [0, 0.05) is 13.1 Å². The lowest BCUT2D eigenvalue weighted by Gasteiger charge is -2.30. The summed E-state index contributed by atoms with van der Waals surface area (Å²) in [4.78, 5) is 23.8. The molecule has 2 fully saturated rings. The fourth-order valence-electron chi connectivity index (χ4n) is 3.95. The van der Waals surface area contributed by atoms with Gasteiger partial charge in [-0.2, -0.15) is 0 Å². The van der Waals surface area contributed by atoms with Crippen LogP contribution in [0.2, 0.25) is 0 Å². The van der Waals surface area contributed by atoms with E-state index in [9.17, 15) is 14.7 Å². The van der Waals surface area contributed by atoms with Gasteiger partial charge in [0.2, 0.25) is 5.91 Å². The average Bonchev–Trinajstić information content (AvgIpc) is 2.81.